The van der Waals surface area contributed by atoms with E-state index in [2.05, 4.69) is 25.0 Å². The zero-order chi connectivity index (χ0) is 19.9. The molecule has 1 aromatic carbocycles. The number of amides is 1. The van der Waals surface area contributed by atoms with Gasteiger partial charge in [0.1, 0.15) is 5.65 Å². The van der Waals surface area contributed by atoms with Gasteiger partial charge < -0.3 is 9.72 Å². The number of aromatic nitrogens is 4. The van der Waals surface area contributed by atoms with Gasteiger partial charge in [0.25, 0.3) is 5.91 Å². The van der Waals surface area contributed by atoms with Gasteiger partial charge in [-0.05, 0) is 43.7 Å². The van der Waals surface area contributed by atoms with Gasteiger partial charge in [0.15, 0.2) is 11.6 Å². The molecule has 4 aromatic rings. The molecule has 28 heavy (non-hydrogen) atoms. The summed E-state index contributed by atoms with van der Waals surface area (Å²) in [7, 11) is 0. The number of anilines is 1. The molecule has 0 saturated carbocycles. The van der Waals surface area contributed by atoms with Crippen LogP contribution in [0.2, 0.25) is 5.02 Å². The molecule has 0 spiro atoms. The van der Waals surface area contributed by atoms with Crippen molar-refractivity contribution in [3.63, 3.8) is 0 Å². The Morgan fingerprint density at radius 3 is 2.61 bits per heavy atom. The molecule has 0 radical (unpaired) electrons. The molecular formula is C19H16ClN5O3. The van der Waals surface area contributed by atoms with E-state index in [1.54, 1.807) is 41.1 Å². The van der Waals surface area contributed by atoms with Gasteiger partial charge in [0, 0.05) is 11.8 Å². The second kappa shape index (κ2) is 6.65. The highest BCUT2D eigenvalue weighted by molar-refractivity contribution is 6.30. The van der Waals surface area contributed by atoms with Crippen molar-refractivity contribution in [2.45, 2.75) is 19.3 Å². The first kappa shape index (κ1) is 18.0. The van der Waals surface area contributed by atoms with Crippen LogP contribution in [0.3, 0.4) is 0 Å². The first-order valence-electron chi connectivity index (χ1n) is 8.45. The Morgan fingerprint density at radius 1 is 1.18 bits per heavy atom. The summed E-state index contributed by atoms with van der Waals surface area (Å²) in [6.07, 6.45) is 3.40. The molecule has 0 atom stereocenters. The monoisotopic (exact) mass is 397 g/mol. The average molecular weight is 398 g/mol. The van der Waals surface area contributed by atoms with Gasteiger partial charge in [-0.1, -0.05) is 28.9 Å². The van der Waals surface area contributed by atoms with E-state index in [1.165, 1.54) is 0 Å². The topological polar surface area (TPSA) is 105 Å². The Morgan fingerprint density at radius 2 is 1.93 bits per heavy atom. The van der Waals surface area contributed by atoms with Gasteiger partial charge in [-0.25, -0.2) is 9.78 Å². The largest absolute Gasteiger partial charge is 0.438 e. The fraction of sp³-hybridized carbons (Fsp3) is 0.158. The second-order valence-corrected chi connectivity index (χ2v) is 7.28. The summed E-state index contributed by atoms with van der Waals surface area (Å²) in [5.74, 6) is -0.0450. The van der Waals surface area contributed by atoms with Crippen molar-refractivity contribution in [1.29, 1.82) is 0 Å². The lowest BCUT2D eigenvalue weighted by Crippen LogP contribution is -2.22. The maximum Gasteiger partial charge on any atom is 0.438 e. The number of hydrogen-bond donors (Lipinski definition) is 2. The van der Waals surface area contributed by atoms with Gasteiger partial charge in [-0.3, -0.25) is 14.3 Å². The predicted molar refractivity (Wildman–Crippen MR) is 104 cm³/mol. The summed E-state index contributed by atoms with van der Waals surface area (Å²) in [5, 5.41) is 7.11. The van der Waals surface area contributed by atoms with Crippen molar-refractivity contribution in [1.82, 2.24) is 19.5 Å². The van der Waals surface area contributed by atoms with Crippen molar-refractivity contribution in [3.8, 4) is 0 Å². The van der Waals surface area contributed by atoms with Crippen LogP contribution in [0.25, 0.3) is 5.65 Å². The van der Waals surface area contributed by atoms with Crippen LogP contribution in [-0.2, 0) is 5.41 Å². The molecule has 3 aromatic heterocycles. The quantitative estimate of drug-likeness (QED) is 0.550. The molecule has 1 amide bonds. The number of nitrogens with one attached hydrogen (secondary N) is 2. The average Bonchev–Trinajstić information content (AvgIpc) is 3.27. The number of aromatic amines is 1. The van der Waals surface area contributed by atoms with Crippen LogP contribution in [-0.4, -0.2) is 25.4 Å². The minimum Gasteiger partial charge on any atom is -0.305 e. The molecular weight excluding hydrogens is 382 g/mol. The standard InChI is InChI=1S/C19H16ClN5O3/c1-19(2,17-23-18(27)28-24-17)12-5-3-11(4-6-12)16(26)22-14-10-25-9-13(20)7-8-15(25)21-14/h3-10H,1-2H3,(H,22,26)(H,23,24,27). The third-order valence-corrected chi connectivity index (χ3v) is 4.78. The lowest BCUT2D eigenvalue weighted by atomic mass is 9.83. The molecule has 0 aliphatic rings. The van der Waals surface area contributed by atoms with E-state index in [0.717, 1.165) is 5.56 Å². The number of hydrogen-bond acceptors (Lipinski definition) is 5. The van der Waals surface area contributed by atoms with Crippen molar-refractivity contribution >= 4 is 29.0 Å². The van der Waals surface area contributed by atoms with E-state index in [-0.39, 0.29) is 5.91 Å². The number of benzene rings is 1. The lowest BCUT2D eigenvalue weighted by molar-refractivity contribution is 0.102. The minimum absolute atomic E-state index is 0.284. The van der Waals surface area contributed by atoms with Gasteiger partial charge >= 0.3 is 5.76 Å². The molecule has 9 heteroatoms. The normalized spacial score (nSPS) is 11.7. The lowest BCUT2D eigenvalue weighted by Gasteiger charge is -2.21. The van der Waals surface area contributed by atoms with Crippen molar-refractivity contribution in [2.24, 2.45) is 0 Å². The number of halogens is 1. The van der Waals surface area contributed by atoms with Crippen molar-refractivity contribution in [2.75, 3.05) is 5.32 Å². The van der Waals surface area contributed by atoms with Gasteiger partial charge in [0.2, 0.25) is 0 Å². The van der Waals surface area contributed by atoms with E-state index >= 15 is 0 Å². The number of rotatable bonds is 4. The first-order valence-corrected chi connectivity index (χ1v) is 8.83. The van der Waals surface area contributed by atoms with Crippen LogP contribution >= 0.6 is 11.6 Å². The summed E-state index contributed by atoms with van der Waals surface area (Å²) in [6.45, 7) is 3.80. The summed E-state index contributed by atoms with van der Waals surface area (Å²) in [6, 6.07) is 10.5. The molecule has 0 unspecified atom stereocenters. The highest BCUT2D eigenvalue weighted by Crippen LogP contribution is 2.28. The van der Waals surface area contributed by atoms with Gasteiger partial charge in [0.05, 0.1) is 16.6 Å². The molecule has 3 heterocycles. The first-order chi connectivity index (χ1) is 13.3. The van der Waals surface area contributed by atoms with E-state index in [4.69, 9.17) is 11.6 Å². The van der Waals surface area contributed by atoms with Crippen LogP contribution < -0.4 is 11.1 Å². The molecule has 2 N–H and O–H groups in total. The van der Waals surface area contributed by atoms with Gasteiger partial charge in [-0.2, -0.15) is 0 Å². The molecule has 8 nitrogen and oxygen atoms in total. The van der Waals surface area contributed by atoms with E-state index < -0.39 is 11.2 Å². The number of imidazole rings is 1. The Bertz CT molecular complexity index is 1220. The molecule has 0 aliphatic heterocycles. The minimum atomic E-state index is -0.604. The summed E-state index contributed by atoms with van der Waals surface area (Å²) >= 11 is 5.96. The summed E-state index contributed by atoms with van der Waals surface area (Å²) < 4.78 is 6.33. The maximum absolute atomic E-state index is 12.5. The molecule has 4 rings (SSSR count). The van der Waals surface area contributed by atoms with Gasteiger partial charge in [-0.15, -0.1) is 0 Å². The third kappa shape index (κ3) is 3.29. The number of carbonyl (C=O) groups excluding carboxylic acids is 1. The second-order valence-electron chi connectivity index (χ2n) is 6.84. The van der Waals surface area contributed by atoms with Crippen molar-refractivity contribution < 1.29 is 9.32 Å². The smallest absolute Gasteiger partial charge is 0.305 e. The molecule has 0 fully saturated rings. The Hall–Kier alpha value is -3.39. The van der Waals surface area contributed by atoms with Crippen LogP contribution in [0, 0.1) is 0 Å². The van der Waals surface area contributed by atoms with Crippen molar-refractivity contribution in [3.05, 3.63) is 81.3 Å². The highest BCUT2D eigenvalue weighted by Gasteiger charge is 2.28. The summed E-state index contributed by atoms with van der Waals surface area (Å²) in [5.41, 5.74) is 1.44. The van der Waals surface area contributed by atoms with E-state index in [1.807, 2.05) is 26.0 Å². The number of nitrogens with zero attached hydrogens (tertiary/aromatic N) is 3. The molecule has 0 bridgehead atoms. The number of carbonyl (C=O) groups is 1. The number of pyridine rings is 1. The SMILES string of the molecule is CC(C)(c1ccc(C(=O)Nc2cn3cc(Cl)ccc3n2)cc1)c1noc(=O)[nH]1. The molecule has 0 aliphatic carbocycles. The van der Waals surface area contributed by atoms with Crippen LogP contribution in [0.4, 0.5) is 5.82 Å². The number of fused-ring (bicyclic) bond motifs is 1. The van der Waals surface area contributed by atoms with Crippen LogP contribution in [0.1, 0.15) is 35.6 Å². The van der Waals surface area contributed by atoms with E-state index in [0.29, 0.717) is 27.9 Å². The Balaban J connectivity index is 1.54. The fourth-order valence-corrected chi connectivity index (χ4v) is 3.06. The number of H-pyrrole nitrogens is 1. The van der Waals surface area contributed by atoms with Crippen LogP contribution in [0.5, 0.6) is 0 Å². The van der Waals surface area contributed by atoms with Crippen LogP contribution in [0.15, 0.2) is 58.1 Å². The Kier molecular flexibility index (Phi) is 4.27. The zero-order valence-electron chi connectivity index (χ0n) is 15.1. The Labute approximate surface area is 164 Å². The zero-order valence-corrected chi connectivity index (χ0v) is 15.8. The van der Waals surface area contributed by atoms with E-state index in [9.17, 15) is 9.59 Å². The maximum atomic E-state index is 12.5. The fourth-order valence-electron chi connectivity index (χ4n) is 2.89. The predicted octanol–water partition coefficient (Wildman–Crippen LogP) is 3.24. The summed E-state index contributed by atoms with van der Waals surface area (Å²) in [4.78, 5) is 30.7. The molecule has 142 valence electrons. The molecule has 0 saturated heterocycles. The third-order valence-electron chi connectivity index (χ3n) is 4.56. The highest BCUT2D eigenvalue weighted by atomic mass is 35.5.